The Bertz CT molecular complexity index is 842. The summed E-state index contributed by atoms with van der Waals surface area (Å²) in [6.07, 6.45) is -1.03. The Hall–Kier alpha value is -1.03. The van der Waals surface area contributed by atoms with Gasteiger partial charge in [-0.15, -0.1) is 23.7 Å². The van der Waals surface area contributed by atoms with E-state index in [2.05, 4.69) is 0 Å². The Labute approximate surface area is 159 Å². The lowest BCUT2D eigenvalue weighted by Gasteiger charge is -2.35. The maximum atomic E-state index is 10.1. The van der Waals surface area contributed by atoms with Crippen molar-refractivity contribution in [3.63, 3.8) is 0 Å². The fraction of sp³-hybridized carbons (Fsp3) is 0.474. The van der Waals surface area contributed by atoms with E-state index in [9.17, 15) is 5.11 Å². The van der Waals surface area contributed by atoms with Crippen LogP contribution in [0.15, 0.2) is 35.7 Å². The van der Waals surface area contributed by atoms with Crippen molar-refractivity contribution in [1.82, 2.24) is 4.90 Å². The third kappa shape index (κ3) is 4.50. The fourth-order valence-corrected chi connectivity index (χ4v) is 3.82. The van der Waals surface area contributed by atoms with Crippen LogP contribution in [0, 0.1) is 0 Å². The zero-order valence-electron chi connectivity index (χ0n) is 19.8. The number of halogens is 1. The van der Waals surface area contributed by atoms with Gasteiger partial charge in [-0.05, 0) is 67.2 Å². The Morgan fingerprint density at radius 3 is 3.09 bits per heavy atom. The van der Waals surface area contributed by atoms with Crippen LogP contribution in [-0.2, 0) is 19.3 Å². The maximum Gasteiger partial charge on any atom is 0.119 e. The van der Waals surface area contributed by atoms with E-state index in [1.165, 1.54) is 16.2 Å². The zero-order chi connectivity index (χ0) is 21.4. The molecular weight excluding hydrogens is 326 g/mol. The van der Waals surface area contributed by atoms with Crippen LogP contribution in [-0.4, -0.2) is 29.1 Å². The fourth-order valence-electron chi connectivity index (χ4n) is 3.12. The van der Waals surface area contributed by atoms with Gasteiger partial charge in [-0.1, -0.05) is 25.1 Å². The Morgan fingerprint density at radius 2 is 2.30 bits per heavy atom. The third-order valence-corrected chi connectivity index (χ3v) is 5.19. The molecule has 126 valence electrons. The quantitative estimate of drug-likeness (QED) is 0.809. The Morgan fingerprint density at radius 1 is 1.39 bits per heavy atom. The van der Waals surface area contributed by atoms with E-state index in [0.29, 0.717) is 25.7 Å². The van der Waals surface area contributed by atoms with Crippen LogP contribution in [0.25, 0.3) is 0 Å². The molecule has 0 saturated heterocycles. The van der Waals surface area contributed by atoms with Gasteiger partial charge in [0.25, 0.3) is 0 Å². The minimum atomic E-state index is -3.09. The van der Waals surface area contributed by atoms with Gasteiger partial charge < -0.3 is 5.11 Å². The van der Waals surface area contributed by atoms with Gasteiger partial charge in [-0.3, -0.25) is 4.90 Å². The average Bonchev–Trinajstić information content (AvgIpc) is 3.14. The smallest absolute Gasteiger partial charge is 0.119 e. The summed E-state index contributed by atoms with van der Waals surface area (Å²) in [5, 5.41) is 12.0. The lowest BCUT2D eigenvalue weighted by atomic mass is 9.86. The van der Waals surface area contributed by atoms with E-state index >= 15 is 0 Å². The summed E-state index contributed by atoms with van der Waals surface area (Å²) < 4.78 is 56.0. The van der Waals surface area contributed by atoms with Crippen molar-refractivity contribution in [2.75, 3.05) is 13.0 Å². The molecule has 0 bridgehead atoms. The molecule has 1 aromatic heterocycles. The standard InChI is InChI=1S/C19H25NOS.ClH/c1-2-11-20(12-10-17-6-4-13-22-17)16-8-9-18-15(14-16)5-3-7-19(18)21;/h3-7,13,16,21H,2,8-12,14H2,1H3;1H/i1D3,2D2,11D2;. The molecule has 2 aromatic rings. The third-order valence-electron chi connectivity index (χ3n) is 4.25. The molecule has 4 heteroatoms. The first-order chi connectivity index (χ1) is 13.4. The molecular formula is C19H26ClNOS. The summed E-state index contributed by atoms with van der Waals surface area (Å²) in [4.78, 5) is 2.43. The monoisotopic (exact) mass is 358 g/mol. The summed E-state index contributed by atoms with van der Waals surface area (Å²) in [5.41, 5.74) is 1.73. The molecule has 1 aliphatic rings. The molecule has 0 saturated carbocycles. The molecule has 1 aromatic carbocycles. The Kier molecular flexibility index (Phi) is 4.08. The van der Waals surface area contributed by atoms with Gasteiger partial charge in [0.15, 0.2) is 0 Å². The summed E-state index contributed by atoms with van der Waals surface area (Å²) in [6.45, 7) is -5.57. The molecule has 1 heterocycles. The number of phenolic OH excluding ortho intramolecular Hbond substituents is 1. The van der Waals surface area contributed by atoms with E-state index in [1.807, 2.05) is 23.6 Å². The average molecular weight is 359 g/mol. The van der Waals surface area contributed by atoms with E-state index < -0.39 is 19.7 Å². The van der Waals surface area contributed by atoms with Crippen LogP contribution in [0.2, 0.25) is 0 Å². The highest BCUT2D eigenvalue weighted by molar-refractivity contribution is 7.09. The SMILES string of the molecule is Cl.[2H]C([2H])([2H])C([2H])([2H])C([2H])([2H])N(CCc1cccs1)C1CCc2c(O)cccc2C1. The number of aromatic hydroxyl groups is 1. The van der Waals surface area contributed by atoms with Gasteiger partial charge in [0.1, 0.15) is 5.75 Å². The van der Waals surface area contributed by atoms with Crippen LogP contribution >= 0.6 is 23.7 Å². The van der Waals surface area contributed by atoms with Gasteiger partial charge in [0.2, 0.25) is 0 Å². The van der Waals surface area contributed by atoms with Crippen molar-refractivity contribution in [1.29, 1.82) is 0 Å². The second-order valence-corrected chi connectivity index (χ2v) is 6.60. The molecule has 3 rings (SSSR count). The molecule has 0 fully saturated rings. The largest absolute Gasteiger partial charge is 0.508 e. The number of hydrogen-bond donors (Lipinski definition) is 1. The molecule has 23 heavy (non-hydrogen) atoms. The highest BCUT2D eigenvalue weighted by Gasteiger charge is 2.25. The predicted molar refractivity (Wildman–Crippen MR) is 101 cm³/mol. The van der Waals surface area contributed by atoms with Crippen LogP contribution in [0.5, 0.6) is 5.75 Å². The van der Waals surface area contributed by atoms with Crippen LogP contribution in [0.3, 0.4) is 0 Å². The van der Waals surface area contributed by atoms with E-state index in [0.717, 1.165) is 16.0 Å². The topological polar surface area (TPSA) is 23.5 Å². The normalized spacial score (nSPS) is 23.2. The van der Waals surface area contributed by atoms with Crippen molar-refractivity contribution in [3.05, 3.63) is 51.7 Å². The molecule has 0 aliphatic heterocycles. The van der Waals surface area contributed by atoms with Crippen LogP contribution < -0.4 is 0 Å². The van der Waals surface area contributed by atoms with Gasteiger partial charge in [-0.25, -0.2) is 0 Å². The number of thiophene rings is 1. The van der Waals surface area contributed by atoms with Crippen molar-refractivity contribution < 1.29 is 14.7 Å². The number of nitrogens with zero attached hydrogens (tertiary/aromatic N) is 1. The van der Waals surface area contributed by atoms with Crippen molar-refractivity contribution in [3.8, 4) is 5.75 Å². The highest BCUT2D eigenvalue weighted by Crippen LogP contribution is 2.30. The van der Waals surface area contributed by atoms with E-state index in [-0.39, 0.29) is 30.7 Å². The van der Waals surface area contributed by atoms with Gasteiger partial charge >= 0.3 is 0 Å². The van der Waals surface area contributed by atoms with Gasteiger partial charge in [0.05, 0.1) is 0 Å². The first-order valence-corrected chi connectivity index (χ1v) is 8.42. The number of fused-ring (bicyclic) bond motifs is 1. The number of rotatable bonds is 6. The van der Waals surface area contributed by atoms with Crippen LogP contribution in [0.4, 0.5) is 0 Å². The Balaban J connectivity index is 0.00000320. The highest BCUT2D eigenvalue weighted by atomic mass is 35.5. The molecule has 0 radical (unpaired) electrons. The minimum Gasteiger partial charge on any atom is -0.508 e. The number of benzene rings is 1. The summed E-state index contributed by atoms with van der Waals surface area (Å²) in [7, 11) is 0. The molecule has 1 unspecified atom stereocenters. The first kappa shape index (κ1) is 10.8. The van der Waals surface area contributed by atoms with E-state index in [1.54, 1.807) is 12.1 Å². The molecule has 2 nitrogen and oxygen atoms in total. The molecule has 0 amide bonds. The molecule has 1 aliphatic carbocycles. The van der Waals surface area contributed by atoms with Crippen molar-refractivity contribution in [2.45, 2.75) is 44.9 Å². The second-order valence-electron chi connectivity index (χ2n) is 5.57. The van der Waals surface area contributed by atoms with Gasteiger partial charge in [-0.2, -0.15) is 0 Å². The van der Waals surface area contributed by atoms with Gasteiger partial charge in [0, 0.05) is 27.1 Å². The predicted octanol–water partition coefficient (Wildman–Crippen LogP) is 4.69. The second kappa shape index (κ2) is 8.72. The minimum absolute atomic E-state index is 0. The summed E-state index contributed by atoms with van der Waals surface area (Å²) >= 11 is 1.54. The maximum absolute atomic E-state index is 10.1. The van der Waals surface area contributed by atoms with Crippen LogP contribution in [0.1, 0.15) is 45.2 Å². The van der Waals surface area contributed by atoms with Crippen molar-refractivity contribution in [2.24, 2.45) is 0 Å². The van der Waals surface area contributed by atoms with Crippen molar-refractivity contribution >= 4 is 23.7 Å². The van der Waals surface area contributed by atoms with E-state index in [4.69, 9.17) is 9.60 Å². The summed E-state index contributed by atoms with van der Waals surface area (Å²) in [5.74, 6) is 0.215. The number of hydrogen-bond acceptors (Lipinski definition) is 3. The molecule has 1 N–H and O–H groups in total. The molecule has 1 atom stereocenters. The first-order valence-electron chi connectivity index (χ1n) is 11.0. The number of phenols is 1. The lowest BCUT2D eigenvalue weighted by Crippen LogP contribution is -2.41. The zero-order valence-corrected chi connectivity index (χ0v) is 14.4. The lowest BCUT2D eigenvalue weighted by molar-refractivity contribution is 0.181. The summed E-state index contributed by atoms with van der Waals surface area (Å²) in [6, 6.07) is 8.72. The molecule has 0 spiro atoms.